The van der Waals surface area contributed by atoms with E-state index >= 15 is 0 Å². The second-order valence-electron chi connectivity index (χ2n) is 5.80. The molecule has 0 radical (unpaired) electrons. The van der Waals surface area contributed by atoms with Gasteiger partial charge < -0.3 is 5.32 Å². The molecule has 0 bridgehead atoms. The zero-order valence-electron chi connectivity index (χ0n) is 13.7. The molecule has 128 valence electrons. The standard InChI is InChI=1S/C19H14N4O2S/c1-12-15-4-2-3-5-16(15)19(25)23(12)10-18(24)20-14-8-6-13(7-9-14)17-11-26-22-21-17/h2-9,11H,1,10H2,(H,20,24). The van der Waals surface area contributed by atoms with Crippen molar-refractivity contribution < 1.29 is 9.59 Å². The van der Waals surface area contributed by atoms with Crippen molar-refractivity contribution in [1.29, 1.82) is 0 Å². The lowest BCUT2D eigenvalue weighted by Crippen LogP contribution is -2.32. The number of nitrogens with one attached hydrogen (secondary N) is 1. The smallest absolute Gasteiger partial charge is 0.259 e. The minimum Gasteiger partial charge on any atom is -0.325 e. The number of hydrogen-bond donors (Lipinski definition) is 1. The summed E-state index contributed by atoms with van der Waals surface area (Å²) in [6, 6.07) is 14.5. The number of anilines is 1. The van der Waals surface area contributed by atoms with Crippen LogP contribution in [0.25, 0.3) is 17.0 Å². The van der Waals surface area contributed by atoms with Gasteiger partial charge in [0.25, 0.3) is 5.91 Å². The zero-order valence-corrected chi connectivity index (χ0v) is 14.5. The third-order valence-corrected chi connectivity index (χ3v) is 4.67. The van der Waals surface area contributed by atoms with Gasteiger partial charge in [-0.15, -0.1) is 5.10 Å². The van der Waals surface area contributed by atoms with Crippen LogP contribution in [0, 0.1) is 0 Å². The van der Waals surface area contributed by atoms with Gasteiger partial charge in [0.1, 0.15) is 12.2 Å². The maximum atomic E-state index is 12.4. The van der Waals surface area contributed by atoms with Gasteiger partial charge in [-0.05, 0) is 29.7 Å². The molecule has 0 aliphatic carbocycles. The molecule has 0 spiro atoms. The molecule has 0 fully saturated rings. The molecule has 0 saturated carbocycles. The van der Waals surface area contributed by atoms with E-state index in [9.17, 15) is 9.59 Å². The summed E-state index contributed by atoms with van der Waals surface area (Å²) in [7, 11) is 0. The SMILES string of the molecule is C=C1c2ccccc2C(=O)N1CC(=O)Nc1ccc(-c2csnn2)cc1. The molecule has 3 aromatic rings. The molecule has 7 heteroatoms. The maximum absolute atomic E-state index is 12.4. The summed E-state index contributed by atoms with van der Waals surface area (Å²) < 4.78 is 3.83. The molecule has 1 N–H and O–H groups in total. The van der Waals surface area contributed by atoms with E-state index in [1.54, 1.807) is 24.3 Å². The Labute approximate surface area is 153 Å². The first kappa shape index (κ1) is 16.2. The van der Waals surface area contributed by atoms with E-state index in [1.807, 2.05) is 29.6 Å². The zero-order chi connectivity index (χ0) is 18.1. The van der Waals surface area contributed by atoms with Crippen LogP contribution in [0.2, 0.25) is 0 Å². The number of carbonyl (C=O) groups is 2. The van der Waals surface area contributed by atoms with Crippen LogP contribution in [0.4, 0.5) is 5.69 Å². The van der Waals surface area contributed by atoms with Gasteiger partial charge in [0, 0.05) is 33.5 Å². The lowest BCUT2D eigenvalue weighted by Gasteiger charge is -2.17. The molecular weight excluding hydrogens is 348 g/mol. The Morgan fingerprint density at radius 1 is 1.12 bits per heavy atom. The molecule has 2 heterocycles. The quantitative estimate of drug-likeness (QED) is 0.773. The Balaban J connectivity index is 1.43. The summed E-state index contributed by atoms with van der Waals surface area (Å²) in [6.45, 7) is 3.86. The predicted octanol–water partition coefficient (Wildman–Crippen LogP) is 3.27. The Morgan fingerprint density at radius 2 is 1.85 bits per heavy atom. The van der Waals surface area contributed by atoms with Gasteiger partial charge in [-0.25, -0.2) is 0 Å². The normalized spacial score (nSPS) is 13.0. The monoisotopic (exact) mass is 362 g/mol. The van der Waals surface area contributed by atoms with Crippen LogP contribution in [0.15, 0.2) is 60.5 Å². The van der Waals surface area contributed by atoms with Crippen LogP contribution >= 0.6 is 11.5 Å². The number of benzene rings is 2. The molecular formula is C19H14N4O2S. The van der Waals surface area contributed by atoms with E-state index in [2.05, 4.69) is 21.5 Å². The number of carbonyl (C=O) groups excluding carboxylic acids is 2. The molecule has 1 aromatic heterocycles. The Bertz CT molecular complexity index is 962. The molecule has 6 nitrogen and oxygen atoms in total. The van der Waals surface area contributed by atoms with Gasteiger partial charge in [0.15, 0.2) is 0 Å². The molecule has 0 saturated heterocycles. The molecule has 0 unspecified atom stereocenters. The fourth-order valence-corrected chi connectivity index (χ4v) is 3.33. The number of hydrogen-bond acceptors (Lipinski definition) is 5. The highest BCUT2D eigenvalue weighted by Gasteiger charge is 2.31. The highest BCUT2D eigenvalue weighted by molar-refractivity contribution is 7.03. The molecule has 0 atom stereocenters. The van der Waals surface area contributed by atoms with Crippen LogP contribution in [0.3, 0.4) is 0 Å². The van der Waals surface area contributed by atoms with E-state index in [1.165, 1.54) is 16.4 Å². The first-order valence-electron chi connectivity index (χ1n) is 7.91. The molecule has 1 aliphatic rings. The number of rotatable bonds is 4. The lowest BCUT2D eigenvalue weighted by atomic mass is 10.1. The van der Waals surface area contributed by atoms with Crippen LogP contribution in [-0.2, 0) is 4.79 Å². The number of amides is 2. The van der Waals surface area contributed by atoms with E-state index in [0.717, 1.165) is 16.8 Å². The largest absolute Gasteiger partial charge is 0.325 e. The summed E-state index contributed by atoms with van der Waals surface area (Å²) in [4.78, 5) is 26.2. The minimum absolute atomic E-state index is 0.0793. The van der Waals surface area contributed by atoms with Crippen LogP contribution in [0.5, 0.6) is 0 Å². The minimum atomic E-state index is -0.282. The lowest BCUT2D eigenvalue weighted by molar-refractivity contribution is -0.116. The van der Waals surface area contributed by atoms with Gasteiger partial charge >= 0.3 is 0 Å². The second kappa shape index (κ2) is 6.53. The van der Waals surface area contributed by atoms with Crippen molar-refractivity contribution in [2.24, 2.45) is 0 Å². The third kappa shape index (κ3) is 2.89. The highest BCUT2D eigenvalue weighted by atomic mass is 32.1. The molecule has 1 aliphatic heterocycles. The Hall–Kier alpha value is -3.32. The van der Waals surface area contributed by atoms with E-state index in [4.69, 9.17) is 0 Å². The molecule has 2 amide bonds. The van der Waals surface area contributed by atoms with Crippen molar-refractivity contribution in [2.45, 2.75) is 0 Å². The number of fused-ring (bicyclic) bond motifs is 1. The van der Waals surface area contributed by atoms with Crippen LogP contribution in [-0.4, -0.2) is 32.8 Å². The second-order valence-corrected chi connectivity index (χ2v) is 6.41. The van der Waals surface area contributed by atoms with Gasteiger partial charge in [0.2, 0.25) is 5.91 Å². The first-order chi connectivity index (χ1) is 12.6. The van der Waals surface area contributed by atoms with Crippen molar-refractivity contribution in [2.75, 3.05) is 11.9 Å². The number of nitrogens with zero attached hydrogens (tertiary/aromatic N) is 3. The van der Waals surface area contributed by atoms with E-state index < -0.39 is 0 Å². The van der Waals surface area contributed by atoms with Crippen LogP contribution < -0.4 is 5.32 Å². The van der Waals surface area contributed by atoms with Gasteiger partial charge in [-0.3, -0.25) is 14.5 Å². The summed E-state index contributed by atoms with van der Waals surface area (Å²) in [5.41, 5.74) is 4.27. The van der Waals surface area contributed by atoms with Crippen LogP contribution in [0.1, 0.15) is 15.9 Å². The predicted molar refractivity (Wildman–Crippen MR) is 100 cm³/mol. The summed E-state index contributed by atoms with van der Waals surface area (Å²) >= 11 is 1.29. The fourth-order valence-electron chi connectivity index (χ4n) is 2.86. The van der Waals surface area contributed by atoms with Crippen molar-refractivity contribution in [1.82, 2.24) is 14.5 Å². The van der Waals surface area contributed by atoms with Gasteiger partial charge in [-0.2, -0.15) is 0 Å². The summed E-state index contributed by atoms with van der Waals surface area (Å²) in [6.07, 6.45) is 0. The van der Waals surface area contributed by atoms with Gasteiger partial charge in [0.05, 0.1) is 0 Å². The average Bonchev–Trinajstić information content (AvgIpc) is 3.27. The third-order valence-electron chi connectivity index (χ3n) is 4.17. The highest BCUT2D eigenvalue weighted by Crippen LogP contribution is 2.30. The molecule has 4 rings (SSSR count). The Morgan fingerprint density at radius 3 is 2.50 bits per heavy atom. The summed E-state index contributed by atoms with van der Waals surface area (Å²) in [5.74, 6) is -0.484. The van der Waals surface area contributed by atoms with Crippen molar-refractivity contribution in [3.05, 3.63) is 71.6 Å². The Kier molecular flexibility index (Phi) is 4.06. The van der Waals surface area contributed by atoms with Gasteiger partial charge in [-0.1, -0.05) is 41.4 Å². The van der Waals surface area contributed by atoms with Crippen molar-refractivity contribution in [3.63, 3.8) is 0 Å². The van der Waals surface area contributed by atoms with E-state index in [0.29, 0.717) is 16.9 Å². The molecule has 2 aromatic carbocycles. The maximum Gasteiger partial charge on any atom is 0.259 e. The fraction of sp³-hybridized carbons (Fsp3) is 0.0526. The average molecular weight is 362 g/mol. The number of aromatic nitrogens is 2. The van der Waals surface area contributed by atoms with E-state index in [-0.39, 0.29) is 18.4 Å². The van der Waals surface area contributed by atoms with Crippen molar-refractivity contribution in [3.8, 4) is 11.3 Å². The molecule has 26 heavy (non-hydrogen) atoms. The van der Waals surface area contributed by atoms with Crippen molar-refractivity contribution >= 4 is 34.7 Å². The topological polar surface area (TPSA) is 75.2 Å². The first-order valence-corrected chi connectivity index (χ1v) is 8.74. The summed E-state index contributed by atoms with van der Waals surface area (Å²) in [5, 5.41) is 8.67.